The number of aliphatic carboxylic acids is 1. The zero-order valence-corrected chi connectivity index (χ0v) is 20.5. The van der Waals surface area contributed by atoms with Crippen LogP contribution in [0.1, 0.15) is 43.6 Å². The minimum absolute atomic E-state index is 0.160. The molecule has 36 heavy (non-hydrogen) atoms. The number of rotatable bonds is 4. The number of aromatic nitrogens is 1. The summed E-state index contributed by atoms with van der Waals surface area (Å²) >= 11 is 0. The van der Waals surface area contributed by atoms with Crippen molar-refractivity contribution in [2.75, 3.05) is 6.61 Å². The van der Waals surface area contributed by atoms with Crippen LogP contribution in [0.4, 0.5) is 10.1 Å². The zero-order chi connectivity index (χ0) is 25.8. The third-order valence-electron chi connectivity index (χ3n) is 6.44. The number of halogens is 1. The average molecular weight is 485 g/mol. The fourth-order valence-corrected chi connectivity index (χ4v) is 4.96. The van der Waals surface area contributed by atoms with Crippen molar-refractivity contribution in [2.24, 2.45) is 0 Å². The number of ether oxygens (including phenoxy) is 2. The Labute approximate surface area is 208 Å². The fraction of sp³-hybridized carbons (Fsp3) is 0.276. The summed E-state index contributed by atoms with van der Waals surface area (Å²) < 4.78 is 27.7. The first-order chi connectivity index (χ1) is 17.1. The van der Waals surface area contributed by atoms with Gasteiger partial charge in [0.05, 0.1) is 24.3 Å². The van der Waals surface area contributed by atoms with Crippen LogP contribution in [0.2, 0.25) is 0 Å². The summed E-state index contributed by atoms with van der Waals surface area (Å²) in [5.74, 6) is -1.08. The maximum Gasteiger partial charge on any atom is 0.337 e. The van der Waals surface area contributed by atoms with Gasteiger partial charge in [-0.05, 0) is 74.0 Å². The zero-order valence-electron chi connectivity index (χ0n) is 20.5. The van der Waals surface area contributed by atoms with E-state index < -0.39 is 23.5 Å². The second-order valence-electron chi connectivity index (χ2n) is 9.92. The molecular formula is C29H25FN2O4. The number of carbonyl (C=O) groups is 1. The molecule has 0 bridgehead atoms. The smallest absolute Gasteiger partial charge is 0.337 e. The van der Waals surface area contributed by atoms with Gasteiger partial charge in [0, 0.05) is 34.5 Å². The molecule has 0 spiro atoms. The van der Waals surface area contributed by atoms with Gasteiger partial charge < -0.3 is 14.6 Å². The van der Waals surface area contributed by atoms with E-state index in [1.165, 1.54) is 6.07 Å². The van der Waals surface area contributed by atoms with E-state index >= 15 is 4.39 Å². The Morgan fingerprint density at radius 2 is 2.00 bits per heavy atom. The number of benzene rings is 3. The van der Waals surface area contributed by atoms with Crippen LogP contribution in [0.15, 0.2) is 42.6 Å². The largest absolute Gasteiger partial charge is 0.493 e. The molecule has 0 amide bonds. The van der Waals surface area contributed by atoms with Gasteiger partial charge in [0.2, 0.25) is 0 Å². The predicted molar refractivity (Wildman–Crippen MR) is 136 cm³/mol. The summed E-state index contributed by atoms with van der Waals surface area (Å²) in [5, 5.41) is 11.9. The molecular weight excluding hydrogens is 459 g/mol. The number of carboxylic acid groups (broad SMARTS) is 1. The summed E-state index contributed by atoms with van der Waals surface area (Å²) in [4.78, 5) is 20.7. The van der Waals surface area contributed by atoms with Crippen LogP contribution >= 0.6 is 0 Å². The SMILES string of the molecule is [C-]#[N+]c1ccc2c(-c3ccc4c5c(ccnc35)CCO4)c([C@H](OC(C)(C)C)C(=O)O)c(C)c(F)c2c1. The van der Waals surface area contributed by atoms with Crippen molar-refractivity contribution in [1.29, 1.82) is 0 Å². The minimum atomic E-state index is -1.43. The lowest BCUT2D eigenvalue weighted by molar-refractivity contribution is -0.160. The van der Waals surface area contributed by atoms with Crippen molar-refractivity contribution in [3.8, 4) is 16.9 Å². The van der Waals surface area contributed by atoms with Gasteiger partial charge in [0.1, 0.15) is 11.6 Å². The third kappa shape index (κ3) is 3.84. The van der Waals surface area contributed by atoms with Crippen molar-refractivity contribution in [1.82, 2.24) is 4.98 Å². The molecule has 0 radical (unpaired) electrons. The van der Waals surface area contributed by atoms with Gasteiger partial charge >= 0.3 is 5.97 Å². The summed E-state index contributed by atoms with van der Waals surface area (Å²) in [6, 6.07) is 10.4. The molecule has 1 N–H and O–H groups in total. The average Bonchev–Trinajstić information content (AvgIpc) is 2.85. The maximum atomic E-state index is 15.8. The first-order valence-electron chi connectivity index (χ1n) is 11.7. The standard InChI is InChI=1S/C29H25FN2O4/c1-15-22(27(28(33)34)36-29(2,3)4)24(18-7-6-17(31-5)14-20(18)25(15)30)19-8-9-21-23-16(11-13-35-21)10-12-32-26(19)23/h6-10,12,14,27H,11,13H2,1-4H3,(H,33,34)/t27-/m0/s1. The van der Waals surface area contributed by atoms with E-state index in [1.54, 1.807) is 46.0 Å². The highest BCUT2D eigenvalue weighted by Gasteiger charge is 2.34. The Hall–Kier alpha value is -4.02. The Bertz CT molecular complexity index is 1590. The van der Waals surface area contributed by atoms with Gasteiger partial charge in [0.15, 0.2) is 11.8 Å². The van der Waals surface area contributed by atoms with E-state index in [9.17, 15) is 9.90 Å². The van der Waals surface area contributed by atoms with Crippen molar-refractivity contribution >= 4 is 33.3 Å². The lowest BCUT2D eigenvalue weighted by Crippen LogP contribution is -2.28. The number of nitrogens with zero attached hydrogens (tertiary/aromatic N) is 2. The van der Waals surface area contributed by atoms with Gasteiger partial charge in [0.25, 0.3) is 0 Å². The molecule has 4 aromatic rings. The van der Waals surface area contributed by atoms with Crippen LogP contribution in [0, 0.1) is 19.3 Å². The third-order valence-corrected chi connectivity index (χ3v) is 6.44. The first-order valence-corrected chi connectivity index (χ1v) is 11.7. The molecule has 0 saturated heterocycles. The molecule has 7 heteroatoms. The molecule has 0 unspecified atom stereocenters. The highest BCUT2D eigenvalue weighted by molar-refractivity contribution is 6.09. The van der Waals surface area contributed by atoms with Gasteiger partial charge in [-0.1, -0.05) is 12.1 Å². The van der Waals surface area contributed by atoms with Crippen molar-refractivity contribution in [3.05, 3.63) is 76.5 Å². The Morgan fingerprint density at radius 3 is 2.69 bits per heavy atom. The van der Waals surface area contributed by atoms with Gasteiger partial charge in [-0.3, -0.25) is 4.98 Å². The highest BCUT2D eigenvalue weighted by Crippen LogP contribution is 2.46. The number of pyridine rings is 1. The molecule has 1 aliphatic rings. The Kier molecular flexibility index (Phi) is 5.65. The highest BCUT2D eigenvalue weighted by atomic mass is 19.1. The van der Waals surface area contributed by atoms with Gasteiger partial charge in [-0.25, -0.2) is 14.0 Å². The molecule has 5 rings (SSSR count). The lowest BCUT2D eigenvalue weighted by atomic mass is 9.85. The van der Waals surface area contributed by atoms with Crippen molar-refractivity contribution in [3.63, 3.8) is 0 Å². The number of fused-ring (bicyclic) bond motifs is 1. The van der Waals surface area contributed by atoms with Crippen LogP contribution in [0.25, 0.3) is 37.6 Å². The topological polar surface area (TPSA) is 73.0 Å². The normalized spacial score (nSPS) is 13.9. The number of hydrogen-bond acceptors (Lipinski definition) is 4. The van der Waals surface area contributed by atoms with Crippen LogP contribution in [0.5, 0.6) is 5.75 Å². The van der Waals surface area contributed by atoms with E-state index in [2.05, 4.69) is 9.83 Å². The molecule has 0 saturated carbocycles. The van der Waals surface area contributed by atoms with Crippen LogP contribution < -0.4 is 4.74 Å². The van der Waals surface area contributed by atoms with Gasteiger partial charge in [-0.2, -0.15) is 0 Å². The molecule has 182 valence electrons. The minimum Gasteiger partial charge on any atom is -0.493 e. The first kappa shape index (κ1) is 23.7. The Morgan fingerprint density at radius 1 is 1.22 bits per heavy atom. The molecule has 1 aliphatic heterocycles. The van der Waals surface area contributed by atoms with Crippen molar-refractivity contribution in [2.45, 2.75) is 45.8 Å². The monoisotopic (exact) mass is 484 g/mol. The summed E-state index contributed by atoms with van der Waals surface area (Å²) in [6.45, 7) is 14.8. The second-order valence-corrected chi connectivity index (χ2v) is 9.92. The molecule has 6 nitrogen and oxygen atoms in total. The quantitative estimate of drug-likeness (QED) is 0.318. The van der Waals surface area contributed by atoms with E-state index in [4.69, 9.17) is 16.0 Å². The fourth-order valence-electron chi connectivity index (χ4n) is 4.96. The van der Waals surface area contributed by atoms with E-state index in [0.717, 1.165) is 17.4 Å². The second kappa shape index (κ2) is 8.58. The number of carboxylic acids is 1. The van der Waals surface area contributed by atoms with Crippen LogP contribution in [-0.2, 0) is 16.0 Å². The van der Waals surface area contributed by atoms with Crippen LogP contribution in [0.3, 0.4) is 0 Å². The van der Waals surface area contributed by atoms with Crippen LogP contribution in [-0.4, -0.2) is 28.3 Å². The van der Waals surface area contributed by atoms with Crippen molar-refractivity contribution < 1.29 is 23.8 Å². The maximum absolute atomic E-state index is 15.8. The summed E-state index contributed by atoms with van der Waals surface area (Å²) in [7, 11) is 0. The molecule has 1 atom stereocenters. The molecule has 1 aromatic heterocycles. The summed E-state index contributed by atoms with van der Waals surface area (Å²) in [5.41, 5.74) is 2.80. The van der Waals surface area contributed by atoms with Gasteiger partial charge in [-0.15, -0.1) is 0 Å². The predicted octanol–water partition coefficient (Wildman–Crippen LogP) is 6.93. The van der Waals surface area contributed by atoms with E-state index in [-0.39, 0.29) is 16.5 Å². The molecule has 3 aromatic carbocycles. The van der Waals surface area contributed by atoms with E-state index in [0.29, 0.717) is 40.1 Å². The Balaban J connectivity index is 1.96. The summed E-state index contributed by atoms with van der Waals surface area (Å²) in [6.07, 6.45) is 1.03. The van der Waals surface area contributed by atoms with E-state index in [1.807, 2.05) is 18.2 Å². The molecule has 0 aliphatic carbocycles. The molecule has 2 heterocycles. The number of hydrogen-bond donors (Lipinski definition) is 1. The molecule has 0 fully saturated rings. The lowest BCUT2D eigenvalue weighted by Gasteiger charge is -2.29.